The molecule has 3 fully saturated rings. The first-order chi connectivity index (χ1) is 8.17. The Morgan fingerprint density at radius 2 is 2.00 bits per heavy atom. The van der Waals surface area contributed by atoms with Crippen LogP contribution < -0.4 is 10.6 Å². The van der Waals surface area contributed by atoms with Crippen molar-refractivity contribution in [2.75, 3.05) is 13.1 Å². The standard InChI is InChI=1S/C15H28N2/c1-15(2)9-11(15)10-17-14-6-3-5-12(14)13-7-4-8-16-13/h11-14,16-17H,3-10H2,1-2H3. The van der Waals surface area contributed by atoms with E-state index in [2.05, 4.69) is 24.5 Å². The van der Waals surface area contributed by atoms with E-state index in [1.54, 1.807) is 0 Å². The molecule has 0 spiro atoms. The molecule has 0 aromatic rings. The first kappa shape index (κ1) is 12.0. The lowest BCUT2D eigenvalue weighted by atomic mass is 9.93. The molecule has 4 atom stereocenters. The van der Waals surface area contributed by atoms with Crippen LogP contribution in [0.4, 0.5) is 0 Å². The molecule has 2 nitrogen and oxygen atoms in total. The van der Waals surface area contributed by atoms with Crippen LogP contribution in [-0.4, -0.2) is 25.2 Å². The van der Waals surface area contributed by atoms with Gasteiger partial charge in [0.2, 0.25) is 0 Å². The minimum atomic E-state index is 0.632. The average Bonchev–Trinajstić information content (AvgIpc) is 2.80. The second-order valence-electron chi connectivity index (χ2n) is 7.20. The lowest BCUT2D eigenvalue weighted by Crippen LogP contribution is -2.42. The fraction of sp³-hybridized carbons (Fsp3) is 1.00. The largest absolute Gasteiger partial charge is 0.314 e. The molecule has 2 aliphatic carbocycles. The number of hydrogen-bond acceptors (Lipinski definition) is 2. The van der Waals surface area contributed by atoms with E-state index in [1.165, 1.54) is 51.6 Å². The van der Waals surface area contributed by atoms with Gasteiger partial charge in [0.15, 0.2) is 0 Å². The van der Waals surface area contributed by atoms with Gasteiger partial charge in [-0.25, -0.2) is 0 Å². The molecule has 1 aliphatic heterocycles. The van der Waals surface area contributed by atoms with Gasteiger partial charge in [-0.1, -0.05) is 20.3 Å². The molecule has 3 aliphatic rings. The number of hydrogen-bond donors (Lipinski definition) is 2. The van der Waals surface area contributed by atoms with Crippen molar-refractivity contribution < 1.29 is 0 Å². The van der Waals surface area contributed by atoms with Gasteiger partial charge in [-0.2, -0.15) is 0 Å². The van der Waals surface area contributed by atoms with Gasteiger partial charge in [0.25, 0.3) is 0 Å². The van der Waals surface area contributed by atoms with Crippen molar-refractivity contribution in [3.05, 3.63) is 0 Å². The van der Waals surface area contributed by atoms with E-state index in [4.69, 9.17) is 0 Å². The summed E-state index contributed by atoms with van der Waals surface area (Å²) in [5.41, 5.74) is 0.632. The van der Waals surface area contributed by atoms with Crippen molar-refractivity contribution in [1.29, 1.82) is 0 Å². The van der Waals surface area contributed by atoms with Crippen molar-refractivity contribution in [2.45, 2.75) is 64.5 Å². The zero-order valence-electron chi connectivity index (χ0n) is 11.5. The third kappa shape index (κ3) is 2.53. The summed E-state index contributed by atoms with van der Waals surface area (Å²) in [6.07, 6.45) is 8.54. The molecule has 0 amide bonds. The summed E-state index contributed by atoms with van der Waals surface area (Å²) in [5.74, 6) is 1.86. The molecule has 2 N–H and O–H groups in total. The van der Waals surface area contributed by atoms with Gasteiger partial charge in [-0.3, -0.25) is 0 Å². The van der Waals surface area contributed by atoms with E-state index in [1.807, 2.05) is 0 Å². The zero-order chi connectivity index (χ0) is 11.9. The Morgan fingerprint density at radius 1 is 1.18 bits per heavy atom. The van der Waals surface area contributed by atoms with Crippen molar-refractivity contribution in [2.24, 2.45) is 17.3 Å². The maximum Gasteiger partial charge on any atom is 0.0111 e. The predicted octanol–water partition coefficient (Wildman–Crippen LogP) is 2.54. The molecule has 4 unspecified atom stereocenters. The molecular formula is C15H28N2. The van der Waals surface area contributed by atoms with Gasteiger partial charge in [0.1, 0.15) is 0 Å². The monoisotopic (exact) mass is 236 g/mol. The van der Waals surface area contributed by atoms with Gasteiger partial charge in [0.05, 0.1) is 0 Å². The summed E-state index contributed by atoms with van der Waals surface area (Å²) in [6, 6.07) is 1.63. The maximum atomic E-state index is 3.89. The molecule has 0 radical (unpaired) electrons. The third-order valence-electron chi connectivity index (χ3n) is 5.53. The molecule has 98 valence electrons. The molecule has 17 heavy (non-hydrogen) atoms. The number of rotatable bonds is 4. The highest BCUT2D eigenvalue weighted by molar-refractivity contribution is 4.99. The molecule has 0 aromatic carbocycles. The van der Waals surface area contributed by atoms with Crippen LogP contribution >= 0.6 is 0 Å². The highest BCUT2D eigenvalue weighted by atomic mass is 15.0. The van der Waals surface area contributed by atoms with Crippen molar-refractivity contribution >= 4 is 0 Å². The van der Waals surface area contributed by atoms with Gasteiger partial charge < -0.3 is 10.6 Å². The van der Waals surface area contributed by atoms with Crippen molar-refractivity contribution in [3.8, 4) is 0 Å². The van der Waals surface area contributed by atoms with E-state index in [0.717, 1.165) is 23.9 Å². The Balaban J connectivity index is 1.48. The topological polar surface area (TPSA) is 24.1 Å². The van der Waals surface area contributed by atoms with Gasteiger partial charge in [-0.15, -0.1) is 0 Å². The molecule has 3 rings (SSSR count). The lowest BCUT2D eigenvalue weighted by molar-refractivity contribution is 0.314. The zero-order valence-corrected chi connectivity index (χ0v) is 11.5. The molecule has 2 saturated carbocycles. The van der Waals surface area contributed by atoms with E-state index in [-0.39, 0.29) is 0 Å². The fourth-order valence-corrected chi connectivity index (χ4v) is 4.02. The van der Waals surface area contributed by atoms with Crippen LogP contribution in [-0.2, 0) is 0 Å². The van der Waals surface area contributed by atoms with Crippen LogP contribution in [0.15, 0.2) is 0 Å². The first-order valence-corrected chi connectivity index (χ1v) is 7.63. The SMILES string of the molecule is CC1(C)CC1CNC1CCCC1C1CCCN1. The minimum Gasteiger partial charge on any atom is -0.314 e. The van der Waals surface area contributed by atoms with Crippen molar-refractivity contribution in [3.63, 3.8) is 0 Å². The lowest BCUT2D eigenvalue weighted by Gasteiger charge is -2.27. The van der Waals surface area contributed by atoms with Gasteiger partial charge in [0, 0.05) is 12.1 Å². The van der Waals surface area contributed by atoms with Crippen LogP contribution in [0.3, 0.4) is 0 Å². The van der Waals surface area contributed by atoms with E-state index in [0.29, 0.717) is 5.41 Å². The van der Waals surface area contributed by atoms with Gasteiger partial charge >= 0.3 is 0 Å². The molecular weight excluding hydrogens is 208 g/mol. The molecule has 1 saturated heterocycles. The molecule has 0 bridgehead atoms. The molecule has 2 heteroatoms. The van der Waals surface area contributed by atoms with Crippen LogP contribution in [0.5, 0.6) is 0 Å². The Morgan fingerprint density at radius 3 is 2.65 bits per heavy atom. The molecule has 1 heterocycles. The van der Waals surface area contributed by atoms with E-state index in [9.17, 15) is 0 Å². The highest BCUT2D eigenvalue weighted by Crippen LogP contribution is 2.51. The maximum absolute atomic E-state index is 3.89. The van der Waals surface area contributed by atoms with Crippen LogP contribution in [0, 0.1) is 17.3 Å². The van der Waals surface area contributed by atoms with E-state index >= 15 is 0 Å². The summed E-state index contributed by atoms with van der Waals surface area (Å²) in [5, 5.41) is 7.59. The molecule has 0 aromatic heterocycles. The Labute approximate surface area is 106 Å². The Bertz CT molecular complexity index is 268. The van der Waals surface area contributed by atoms with Gasteiger partial charge in [-0.05, 0) is 62.4 Å². The Hall–Kier alpha value is -0.0800. The fourth-order valence-electron chi connectivity index (χ4n) is 4.02. The highest BCUT2D eigenvalue weighted by Gasteiger charge is 2.45. The summed E-state index contributed by atoms with van der Waals surface area (Å²) < 4.78 is 0. The Kier molecular flexibility index (Phi) is 3.20. The second-order valence-corrected chi connectivity index (χ2v) is 7.20. The predicted molar refractivity (Wildman–Crippen MR) is 72.0 cm³/mol. The van der Waals surface area contributed by atoms with Crippen molar-refractivity contribution in [1.82, 2.24) is 10.6 Å². The third-order valence-corrected chi connectivity index (χ3v) is 5.53. The summed E-state index contributed by atoms with van der Waals surface area (Å²) in [6.45, 7) is 7.33. The quantitative estimate of drug-likeness (QED) is 0.784. The summed E-state index contributed by atoms with van der Waals surface area (Å²) in [4.78, 5) is 0. The normalized spacial score (nSPS) is 44.1. The van der Waals surface area contributed by atoms with Crippen LogP contribution in [0.25, 0.3) is 0 Å². The summed E-state index contributed by atoms with van der Waals surface area (Å²) in [7, 11) is 0. The smallest absolute Gasteiger partial charge is 0.0111 e. The van der Waals surface area contributed by atoms with Crippen LogP contribution in [0.1, 0.15) is 52.4 Å². The second kappa shape index (κ2) is 4.55. The van der Waals surface area contributed by atoms with Crippen LogP contribution in [0.2, 0.25) is 0 Å². The first-order valence-electron chi connectivity index (χ1n) is 7.63. The minimum absolute atomic E-state index is 0.632. The average molecular weight is 236 g/mol. The summed E-state index contributed by atoms with van der Waals surface area (Å²) >= 11 is 0. The van der Waals surface area contributed by atoms with E-state index < -0.39 is 0 Å². The number of nitrogens with one attached hydrogen (secondary N) is 2.